The van der Waals surface area contributed by atoms with Crippen LogP contribution in [-0.2, 0) is 0 Å². The molecule has 0 radical (unpaired) electrons. The molecule has 0 aliphatic carbocycles. The van der Waals surface area contributed by atoms with E-state index in [9.17, 15) is 0 Å². The second kappa shape index (κ2) is 11.8. The maximum atomic E-state index is 6.98. The highest BCUT2D eigenvalue weighted by atomic mass is 16.5. The molecule has 60 heavy (non-hydrogen) atoms. The lowest BCUT2D eigenvalue weighted by molar-refractivity contribution is 0.479. The highest BCUT2D eigenvalue weighted by Gasteiger charge is 2.41. The van der Waals surface area contributed by atoms with Crippen LogP contribution in [0.25, 0.3) is 99.2 Å². The first-order valence-corrected chi connectivity index (χ1v) is 20.4. The van der Waals surface area contributed by atoms with Crippen LogP contribution in [0.4, 0.5) is 0 Å². The van der Waals surface area contributed by atoms with Crippen LogP contribution in [0.2, 0.25) is 0 Å². The van der Waals surface area contributed by atoms with Gasteiger partial charge in [-0.2, -0.15) is 0 Å². The van der Waals surface area contributed by atoms with Crippen LogP contribution in [0.1, 0.15) is 0 Å². The molecule has 0 saturated heterocycles. The summed E-state index contributed by atoms with van der Waals surface area (Å²) in [6, 6.07) is 66.9. The normalized spacial score (nSPS) is 12.9. The fraction of sp³-hybridized carbons (Fsp3) is 0. The van der Waals surface area contributed by atoms with Crippen LogP contribution < -0.4 is 20.3 Å². The summed E-state index contributed by atoms with van der Waals surface area (Å²) in [5.41, 5.74) is 14.9. The van der Waals surface area contributed by atoms with Gasteiger partial charge in [-0.05, 0) is 83.4 Å². The zero-order valence-electron chi connectivity index (χ0n) is 32.1. The van der Waals surface area contributed by atoms with Gasteiger partial charge < -0.3 is 22.9 Å². The standard InChI is InChI=1S/C54H31BN2O3/c1-6-19-44-36(14-1)37-15-2-7-20-45(37)56(44)34-13-11-12-32(28-34)33-24-27-50-43(29-33)55-53-42(39-17-5-10-23-49(39)60-55)30-35(31-51(53)58-50)57-46-21-8-3-18-41(46)52-47(57)26-25-40-38-16-4-9-22-48(38)59-54(40)52/h1-31H. The second-order valence-corrected chi connectivity index (χ2v) is 16.0. The Kier molecular flexibility index (Phi) is 6.31. The van der Waals surface area contributed by atoms with E-state index in [1.165, 1.54) is 21.8 Å². The summed E-state index contributed by atoms with van der Waals surface area (Å²) in [6.45, 7) is -0.350. The number of furan rings is 1. The first-order valence-electron chi connectivity index (χ1n) is 20.4. The van der Waals surface area contributed by atoms with Crippen molar-refractivity contribution in [3.63, 3.8) is 0 Å². The number of hydrogen-bond acceptors (Lipinski definition) is 3. The molecule has 278 valence electrons. The van der Waals surface area contributed by atoms with Crippen molar-refractivity contribution >= 4 is 83.4 Å². The molecule has 9 aromatic carbocycles. The van der Waals surface area contributed by atoms with E-state index in [1.54, 1.807) is 0 Å². The van der Waals surface area contributed by atoms with Crippen LogP contribution >= 0.6 is 0 Å². The lowest BCUT2D eigenvalue weighted by Gasteiger charge is -2.33. The molecule has 0 amide bonds. The lowest BCUT2D eigenvalue weighted by atomic mass is 9.50. The third-order valence-electron chi connectivity index (χ3n) is 12.8. The van der Waals surface area contributed by atoms with Crippen LogP contribution in [0.15, 0.2) is 192 Å². The Morgan fingerprint density at radius 3 is 1.92 bits per heavy atom. The van der Waals surface area contributed by atoms with Gasteiger partial charge in [0.25, 0.3) is 0 Å². The summed E-state index contributed by atoms with van der Waals surface area (Å²) >= 11 is 0. The van der Waals surface area contributed by atoms with Crippen molar-refractivity contribution in [2.45, 2.75) is 0 Å². The molecular formula is C54H31BN2O3. The van der Waals surface area contributed by atoms with Crippen molar-refractivity contribution in [3.8, 4) is 50.9 Å². The number of benzene rings is 9. The number of rotatable bonds is 3. The number of fused-ring (bicyclic) bond motifs is 14. The molecule has 0 saturated carbocycles. The molecule has 5 nitrogen and oxygen atoms in total. The number of ether oxygens (including phenoxy) is 1. The monoisotopic (exact) mass is 766 g/mol. The van der Waals surface area contributed by atoms with E-state index in [0.717, 1.165) is 106 Å². The van der Waals surface area contributed by atoms with Gasteiger partial charge in [-0.1, -0.05) is 115 Å². The predicted octanol–water partition coefficient (Wildman–Crippen LogP) is 12.7. The molecule has 5 heterocycles. The molecule has 6 heteroatoms. The van der Waals surface area contributed by atoms with Gasteiger partial charge in [0.05, 0.1) is 33.1 Å². The number of para-hydroxylation sites is 5. The van der Waals surface area contributed by atoms with Crippen LogP contribution in [-0.4, -0.2) is 16.0 Å². The molecule has 2 aliphatic heterocycles. The third kappa shape index (κ3) is 4.31. The van der Waals surface area contributed by atoms with Crippen molar-refractivity contribution in [1.82, 2.24) is 9.13 Å². The number of aromatic nitrogens is 2. The highest BCUT2D eigenvalue weighted by molar-refractivity contribution is 6.84. The average Bonchev–Trinajstić information content (AvgIpc) is 3.97. The molecule has 0 atom stereocenters. The van der Waals surface area contributed by atoms with E-state index in [2.05, 4.69) is 185 Å². The molecule has 12 aromatic rings. The van der Waals surface area contributed by atoms with Crippen LogP contribution in [0.3, 0.4) is 0 Å². The van der Waals surface area contributed by atoms with Crippen LogP contribution in [0.5, 0.6) is 17.2 Å². The first kappa shape index (κ1) is 32.1. The Bertz CT molecular complexity index is 3760. The zero-order valence-corrected chi connectivity index (χ0v) is 32.1. The van der Waals surface area contributed by atoms with Gasteiger partial charge >= 0.3 is 6.92 Å². The van der Waals surface area contributed by atoms with E-state index < -0.39 is 0 Å². The Morgan fingerprint density at radius 1 is 0.400 bits per heavy atom. The van der Waals surface area contributed by atoms with Crippen molar-refractivity contribution in [2.24, 2.45) is 0 Å². The minimum Gasteiger partial charge on any atom is -0.551 e. The fourth-order valence-electron chi connectivity index (χ4n) is 10.2. The van der Waals surface area contributed by atoms with Gasteiger partial charge in [0.15, 0.2) is 0 Å². The summed E-state index contributed by atoms with van der Waals surface area (Å²) < 4.78 is 25.3. The highest BCUT2D eigenvalue weighted by Crippen LogP contribution is 2.45. The summed E-state index contributed by atoms with van der Waals surface area (Å²) in [7, 11) is 0. The Morgan fingerprint density at radius 2 is 1.08 bits per heavy atom. The Balaban J connectivity index is 0.938. The lowest BCUT2D eigenvalue weighted by Crippen LogP contribution is -2.53. The summed E-state index contributed by atoms with van der Waals surface area (Å²) in [5, 5.41) is 6.99. The molecule has 0 bridgehead atoms. The summed E-state index contributed by atoms with van der Waals surface area (Å²) in [5.74, 6) is 2.45. The van der Waals surface area contributed by atoms with Gasteiger partial charge in [0.1, 0.15) is 28.4 Å². The van der Waals surface area contributed by atoms with Crippen molar-refractivity contribution < 1.29 is 13.8 Å². The maximum Gasteiger partial charge on any atom is 0.434 e. The zero-order chi connectivity index (χ0) is 39.1. The van der Waals surface area contributed by atoms with Crippen molar-refractivity contribution in [3.05, 3.63) is 188 Å². The van der Waals surface area contributed by atoms with Gasteiger partial charge in [-0.15, -0.1) is 0 Å². The van der Waals surface area contributed by atoms with E-state index in [1.807, 2.05) is 12.1 Å². The third-order valence-corrected chi connectivity index (χ3v) is 12.8. The molecule has 0 spiro atoms. The van der Waals surface area contributed by atoms with Crippen molar-refractivity contribution in [2.75, 3.05) is 0 Å². The Hall–Kier alpha value is -7.96. The summed E-state index contributed by atoms with van der Waals surface area (Å²) in [4.78, 5) is 0. The van der Waals surface area contributed by atoms with E-state index in [0.29, 0.717) is 0 Å². The van der Waals surface area contributed by atoms with E-state index >= 15 is 0 Å². The van der Waals surface area contributed by atoms with E-state index in [4.69, 9.17) is 13.8 Å². The van der Waals surface area contributed by atoms with E-state index in [-0.39, 0.29) is 6.92 Å². The van der Waals surface area contributed by atoms with Crippen molar-refractivity contribution in [1.29, 1.82) is 0 Å². The van der Waals surface area contributed by atoms with Crippen LogP contribution in [0, 0.1) is 0 Å². The molecule has 2 aliphatic rings. The molecule has 0 fully saturated rings. The molecule has 0 unspecified atom stereocenters. The molecule has 14 rings (SSSR count). The maximum absolute atomic E-state index is 6.98. The average molecular weight is 767 g/mol. The molecular weight excluding hydrogens is 735 g/mol. The smallest absolute Gasteiger partial charge is 0.434 e. The summed E-state index contributed by atoms with van der Waals surface area (Å²) in [6.07, 6.45) is 0. The number of nitrogens with zero attached hydrogens (tertiary/aromatic N) is 2. The minimum atomic E-state index is -0.350. The fourth-order valence-corrected chi connectivity index (χ4v) is 10.2. The Labute approximate surface area is 344 Å². The van der Waals surface area contributed by atoms with Gasteiger partial charge in [0.2, 0.25) is 0 Å². The van der Waals surface area contributed by atoms with Gasteiger partial charge in [-0.25, -0.2) is 0 Å². The van der Waals surface area contributed by atoms with Gasteiger partial charge in [-0.3, -0.25) is 0 Å². The predicted molar refractivity (Wildman–Crippen MR) is 245 cm³/mol. The number of hydrogen-bond donors (Lipinski definition) is 0. The first-order chi connectivity index (χ1) is 29.7. The molecule has 0 N–H and O–H groups in total. The second-order valence-electron chi connectivity index (χ2n) is 16.0. The molecule has 3 aromatic heterocycles. The quantitative estimate of drug-likeness (QED) is 0.168. The largest absolute Gasteiger partial charge is 0.551 e. The minimum absolute atomic E-state index is 0.350. The SMILES string of the molecule is c1cc(-c2ccc3c(c2)B2Oc4ccccc4-c4cc(-n5c6ccccc6c6c7oc8ccccc8c7ccc65)cc(c42)O3)cc(-n2c3ccccc3c3ccccc32)c1. The topological polar surface area (TPSA) is 41.5 Å². The van der Waals surface area contributed by atoms with Gasteiger partial charge in [0, 0.05) is 55.2 Å².